The number of hydrogen-bond donors (Lipinski definition) is 2. The summed E-state index contributed by atoms with van der Waals surface area (Å²) in [7, 11) is 0. The van der Waals surface area contributed by atoms with E-state index < -0.39 is 12.3 Å². The minimum atomic E-state index is -1.44. The Morgan fingerprint density at radius 2 is 1.33 bits per heavy atom. The Hall–Kier alpha value is -1.47. The molecule has 0 saturated heterocycles. The van der Waals surface area contributed by atoms with Crippen molar-refractivity contribution < 1.29 is 29.3 Å². The van der Waals surface area contributed by atoms with E-state index in [-0.39, 0.29) is 36.9 Å². The van der Waals surface area contributed by atoms with Gasteiger partial charge in [0.15, 0.2) is 0 Å². The zero-order chi connectivity index (χ0) is 22.8. The van der Waals surface area contributed by atoms with Crippen LogP contribution >= 0.6 is 0 Å². The first-order valence-corrected chi connectivity index (χ1v) is 11.7. The molecule has 7 nitrogen and oxygen atoms in total. The fourth-order valence-corrected chi connectivity index (χ4v) is 3.04. The molecule has 0 heterocycles. The summed E-state index contributed by atoms with van der Waals surface area (Å²) in [5.74, 6) is -0.505. The van der Waals surface area contributed by atoms with Gasteiger partial charge in [-0.2, -0.15) is 0 Å². The van der Waals surface area contributed by atoms with Crippen LogP contribution in [0.3, 0.4) is 0 Å². The lowest BCUT2D eigenvalue weighted by Crippen LogP contribution is -2.30. The third-order valence-corrected chi connectivity index (χ3v) is 5.13. The Balaban J connectivity index is 0.000000456. The number of rotatable bonds is 10. The SMILES string of the molecule is CCCCN(CCCC)CCCC.O=C1CC(=O)CC(OC(=O)O)C1.OC1CCC1. The van der Waals surface area contributed by atoms with Crippen LogP contribution in [0, 0.1) is 0 Å². The van der Waals surface area contributed by atoms with E-state index in [1.807, 2.05) is 0 Å². The van der Waals surface area contributed by atoms with Crippen LogP contribution in [0.2, 0.25) is 0 Å². The molecule has 0 radical (unpaired) electrons. The molecule has 0 aromatic heterocycles. The van der Waals surface area contributed by atoms with E-state index >= 15 is 0 Å². The highest BCUT2D eigenvalue weighted by molar-refractivity contribution is 6.02. The zero-order valence-electron chi connectivity index (χ0n) is 19.2. The van der Waals surface area contributed by atoms with Gasteiger partial charge in [0.25, 0.3) is 0 Å². The molecular formula is C23H43NO6. The molecule has 0 aromatic rings. The molecular weight excluding hydrogens is 386 g/mol. The fraction of sp³-hybridized carbons (Fsp3) is 0.870. The topological polar surface area (TPSA) is 104 Å². The highest BCUT2D eigenvalue weighted by Crippen LogP contribution is 2.16. The Morgan fingerprint density at radius 3 is 1.60 bits per heavy atom. The van der Waals surface area contributed by atoms with Crippen molar-refractivity contribution in [2.45, 2.75) is 110 Å². The Kier molecular flexibility index (Phi) is 17.4. The molecule has 2 saturated carbocycles. The van der Waals surface area contributed by atoms with Crippen molar-refractivity contribution in [1.82, 2.24) is 4.90 Å². The summed E-state index contributed by atoms with van der Waals surface area (Å²) in [5.41, 5.74) is 0. The fourth-order valence-electron chi connectivity index (χ4n) is 3.04. The molecule has 2 fully saturated rings. The van der Waals surface area contributed by atoms with E-state index in [2.05, 4.69) is 30.4 Å². The molecule has 7 heteroatoms. The number of ketones is 2. The maximum atomic E-state index is 10.8. The number of unbranched alkanes of at least 4 members (excludes halogenated alkanes) is 3. The molecule has 176 valence electrons. The first kappa shape index (κ1) is 28.5. The summed E-state index contributed by atoms with van der Waals surface area (Å²) in [6.07, 6.45) is 9.23. The highest BCUT2D eigenvalue weighted by Gasteiger charge is 2.27. The number of carboxylic acid groups (broad SMARTS) is 1. The van der Waals surface area contributed by atoms with E-state index in [0.717, 1.165) is 12.8 Å². The molecule has 2 aliphatic carbocycles. The van der Waals surface area contributed by atoms with Gasteiger partial charge in [-0.1, -0.05) is 40.0 Å². The molecule has 0 spiro atoms. The molecule has 0 atom stereocenters. The van der Waals surface area contributed by atoms with Crippen molar-refractivity contribution in [3.05, 3.63) is 0 Å². The van der Waals surface area contributed by atoms with E-state index in [0.29, 0.717) is 0 Å². The smallest absolute Gasteiger partial charge is 0.450 e. The maximum Gasteiger partial charge on any atom is 0.506 e. The lowest BCUT2D eigenvalue weighted by Gasteiger charge is -2.21. The Bertz CT molecular complexity index is 441. The van der Waals surface area contributed by atoms with Crippen LogP contribution in [-0.4, -0.2) is 64.7 Å². The molecule has 2 aliphatic rings. The van der Waals surface area contributed by atoms with Gasteiger partial charge in [-0.05, 0) is 58.2 Å². The number of aliphatic hydroxyl groups is 1. The molecule has 2 N–H and O–H groups in total. The van der Waals surface area contributed by atoms with Crippen molar-refractivity contribution in [2.75, 3.05) is 19.6 Å². The minimum Gasteiger partial charge on any atom is -0.450 e. The van der Waals surface area contributed by atoms with E-state index in [1.165, 1.54) is 64.6 Å². The normalized spacial score (nSPS) is 16.8. The second-order valence-electron chi connectivity index (χ2n) is 8.16. The number of nitrogens with zero attached hydrogens (tertiary/aromatic N) is 1. The van der Waals surface area contributed by atoms with Crippen molar-refractivity contribution in [3.63, 3.8) is 0 Å². The number of carbonyl (C=O) groups is 3. The molecule has 2 rings (SSSR count). The van der Waals surface area contributed by atoms with Gasteiger partial charge in [0.2, 0.25) is 0 Å². The summed E-state index contributed by atoms with van der Waals surface area (Å²) < 4.78 is 4.31. The lowest BCUT2D eigenvalue weighted by molar-refractivity contribution is -0.133. The van der Waals surface area contributed by atoms with Gasteiger partial charge in [0.1, 0.15) is 17.7 Å². The van der Waals surface area contributed by atoms with E-state index in [4.69, 9.17) is 10.2 Å². The van der Waals surface area contributed by atoms with Crippen LogP contribution in [0.15, 0.2) is 0 Å². The molecule has 0 amide bonds. The summed E-state index contributed by atoms with van der Waals surface area (Å²) in [6, 6.07) is 0. The Labute approximate surface area is 182 Å². The third kappa shape index (κ3) is 16.3. The second-order valence-corrected chi connectivity index (χ2v) is 8.16. The minimum absolute atomic E-state index is 0.0258. The second kappa shape index (κ2) is 18.3. The average molecular weight is 430 g/mol. The van der Waals surface area contributed by atoms with Crippen molar-refractivity contribution >= 4 is 17.7 Å². The van der Waals surface area contributed by atoms with E-state index in [9.17, 15) is 14.4 Å². The number of ether oxygens (including phenoxy) is 1. The van der Waals surface area contributed by atoms with Gasteiger partial charge in [-0.15, -0.1) is 0 Å². The van der Waals surface area contributed by atoms with Crippen LogP contribution in [-0.2, 0) is 14.3 Å². The van der Waals surface area contributed by atoms with Crippen LogP contribution in [0.4, 0.5) is 4.79 Å². The first-order chi connectivity index (χ1) is 14.3. The quantitative estimate of drug-likeness (QED) is 0.386. The predicted octanol–water partition coefficient (Wildman–Crippen LogP) is 4.59. The van der Waals surface area contributed by atoms with Crippen LogP contribution in [0.1, 0.15) is 97.8 Å². The lowest BCUT2D eigenvalue weighted by atomic mass is 9.95. The van der Waals surface area contributed by atoms with Gasteiger partial charge < -0.3 is 19.8 Å². The van der Waals surface area contributed by atoms with E-state index in [1.54, 1.807) is 0 Å². The van der Waals surface area contributed by atoms with Gasteiger partial charge in [0.05, 0.1) is 12.5 Å². The van der Waals surface area contributed by atoms with Crippen LogP contribution < -0.4 is 0 Å². The largest absolute Gasteiger partial charge is 0.506 e. The summed E-state index contributed by atoms with van der Waals surface area (Å²) in [4.78, 5) is 34.2. The van der Waals surface area contributed by atoms with Crippen molar-refractivity contribution in [1.29, 1.82) is 0 Å². The predicted molar refractivity (Wildman–Crippen MR) is 118 cm³/mol. The zero-order valence-corrected chi connectivity index (χ0v) is 19.2. The summed E-state index contributed by atoms with van der Waals surface area (Å²) in [5, 5.41) is 16.6. The number of carbonyl (C=O) groups excluding carboxylic acids is 2. The maximum absolute atomic E-state index is 10.8. The van der Waals surface area contributed by atoms with Gasteiger partial charge in [-0.3, -0.25) is 9.59 Å². The third-order valence-electron chi connectivity index (χ3n) is 5.13. The molecule has 0 bridgehead atoms. The molecule has 0 aromatic carbocycles. The monoisotopic (exact) mass is 429 g/mol. The molecule has 0 aliphatic heterocycles. The standard InChI is InChI=1S/C12H27N.C7H8O5.C4H8O/c1-4-7-10-13(11-8-5-2)12-9-6-3;8-4-1-5(9)3-6(2-4)12-7(10)11;5-4-2-1-3-4/h4-12H2,1-3H3;6H,1-3H2,(H,10,11);4-5H,1-3H2. The van der Waals surface area contributed by atoms with Crippen molar-refractivity contribution in [2.24, 2.45) is 0 Å². The highest BCUT2D eigenvalue weighted by atomic mass is 16.7. The number of hydrogen-bond acceptors (Lipinski definition) is 6. The van der Waals surface area contributed by atoms with Gasteiger partial charge in [0, 0.05) is 12.8 Å². The van der Waals surface area contributed by atoms with Crippen LogP contribution in [0.5, 0.6) is 0 Å². The summed E-state index contributed by atoms with van der Waals surface area (Å²) in [6.45, 7) is 10.8. The van der Waals surface area contributed by atoms with Gasteiger partial charge in [-0.25, -0.2) is 4.79 Å². The molecule has 30 heavy (non-hydrogen) atoms. The number of aliphatic hydroxyl groups excluding tert-OH is 1. The van der Waals surface area contributed by atoms with Gasteiger partial charge >= 0.3 is 6.16 Å². The number of Topliss-reactive ketones (excluding diaryl/α,β-unsaturated/α-hetero) is 2. The Morgan fingerprint density at radius 1 is 0.933 bits per heavy atom. The van der Waals surface area contributed by atoms with Crippen LogP contribution in [0.25, 0.3) is 0 Å². The average Bonchev–Trinajstić information content (AvgIpc) is 2.65. The molecule has 0 unspecified atom stereocenters. The van der Waals surface area contributed by atoms with Crippen molar-refractivity contribution in [3.8, 4) is 0 Å². The summed E-state index contributed by atoms with van der Waals surface area (Å²) >= 11 is 0. The first-order valence-electron chi connectivity index (χ1n) is 11.7.